The minimum Gasteiger partial charge on any atom is -0.336 e. The van der Waals surface area contributed by atoms with E-state index in [1.807, 2.05) is 6.92 Å². The molecule has 0 aliphatic carbocycles. The Hall–Kier alpha value is -1.66. The number of rotatable bonds is 3. The number of urea groups is 1. The first-order valence-corrected chi connectivity index (χ1v) is 7.15. The van der Waals surface area contributed by atoms with Crippen LogP contribution in [0, 0.1) is 12.7 Å². The first-order chi connectivity index (χ1) is 9.95. The van der Waals surface area contributed by atoms with E-state index in [1.165, 1.54) is 6.07 Å². The van der Waals surface area contributed by atoms with Gasteiger partial charge in [0, 0.05) is 32.2 Å². The molecule has 0 unspecified atom stereocenters. The summed E-state index contributed by atoms with van der Waals surface area (Å²) in [7, 11) is 4.12. The molecule has 1 atom stereocenters. The summed E-state index contributed by atoms with van der Waals surface area (Å²) < 4.78 is 13.6. The molecule has 0 aromatic heterocycles. The molecule has 5 nitrogen and oxygen atoms in total. The van der Waals surface area contributed by atoms with Crippen molar-refractivity contribution in [3.63, 3.8) is 0 Å². The predicted molar refractivity (Wildman–Crippen MR) is 82.1 cm³/mol. The smallest absolute Gasteiger partial charge is 0.319 e. The molecule has 1 aliphatic rings. The summed E-state index contributed by atoms with van der Waals surface area (Å²) in [5.74, 6) is -0.426. The largest absolute Gasteiger partial charge is 0.336 e. The first kappa shape index (κ1) is 15.7. The number of piperazine rings is 1. The van der Waals surface area contributed by atoms with Gasteiger partial charge < -0.3 is 15.5 Å². The zero-order valence-electron chi connectivity index (χ0n) is 12.8. The van der Waals surface area contributed by atoms with Crippen molar-refractivity contribution in [1.82, 2.24) is 15.1 Å². The molecule has 1 aliphatic heterocycles. The van der Waals surface area contributed by atoms with Crippen molar-refractivity contribution < 1.29 is 9.18 Å². The molecule has 116 valence electrons. The fourth-order valence-corrected chi connectivity index (χ4v) is 2.43. The molecule has 2 N–H and O–H groups in total. The molecular weight excluding hydrogens is 271 g/mol. The van der Waals surface area contributed by atoms with Gasteiger partial charge >= 0.3 is 6.03 Å². The van der Waals surface area contributed by atoms with E-state index in [2.05, 4.69) is 34.5 Å². The number of carbonyl (C=O) groups excluding carboxylic acids is 1. The number of halogens is 1. The summed E-state index contributed by atoms with van der Waals surface area (Å²) in [5.41, 5.74) is 1.11. The number of nitrogens with one attached hydrogen (secondary N) is 2. The van der Waals surface area contributed by atoms with Crippen molar-refractivity contribution in [3.8, 4) is 0 Å². The van der Waals surface area contributed by atoms with Crippen LogP contribution >= 0.6 is 0 Å². The molecule has 6 heteroatoms. The Morgan fingerprint density at radius 2 is 2.14 bits per heavy atom. The number of benzene rings is 1. The summed E-state index contributed by atoms with van der Waals surface area (Å²) in [6.07, 6.45) is 0. The van der Waals surface area contributed by atoms with Crippen LogP contribution < -0.4 is 10.6 Å². The van der Waals surface area contributed by atoms with Gasteiger partial charge in [-0.25, -0.2) is 9.18 Å². The number of hydrogen-bond donors (Lipinski definition) is 2. The zero-order chi connectivity index (χ0) is 15.4. The molecule has 1 heterocycles. The lowest BCUT2D eigenvalue weighted by Gasteiger charge is -2.37. The van der Waals surface area contributed by atoms with E-state index in [1.54, 1.807) is 12.1 Å². The Bertz CT molecular complexity index is 508. The highest BCUT2D eigenvalue weighted by Crippen LogP contribution is 2.15. The highest BCUT2D eigenvalue weighted by atomic mass is 19.1. The Morgan fingerprint density at radius 1 is 1.38 bits per heavy atom. The first-order valence-electron chi connectivity index (χ1n) is 7.15. The third-order valence-electron chi connectivity index (χ3n) is 3.85. The van der Waals surface area contributed by atoms with E-state index in [0.717, 1.165) is 25.2 Å². The lowest BCUT2D eigenvalue weighted by molar-refractivity contribution is 0.115. The lowest BCUT2D eigenvalue weighted by Crippen LogP contribution is -2.54. The van der Waals surface area contributed by atoms with Crippen LogP contribution in [0.3, 0.4) is 0 Å². The normalized spacial score (nSPS) is 20.3. The Labute approximate surface area is 125 Å². The Morgan fingerprint density at radius 3 is 2.90 bits per heavy atom. The van der Waals surface area contributed by atoms with Crippen LogP contribution in [0.1, 0.15) is 5.56 Å². The average Bonchev–Trinajstić information content (AvgIpc) is 2.44. The number of anilines is 1. The molecule has 2 amide bonds. The zero-order valence-corrected chi connectivity index (χ0v) is 12.8. The monoisotopic (exact) mass is 294 g/mol. The van der Waals surface area contributed by atoms with Gasteiger partial charge in [-0.1, -0.05) is 6.07 Å². The van der Waals surface area contributed by atoms with Crippen LogP contribution in [0.25, 0.3) is 0 Å². The van der Waals surface area contributed by atoms with Crippen molar-refractivity contribution in [1.29, 1.82) is 0 Å². The van der Waals surface area contributed by atoms with Gasteiger partial charge in [0.05, 0.1) is 5.69 Å². The molecule has 1 saturated heterocycles. The number of carbonyl (C=O) groups is 1. The third kappa shape index (κ3) is 4.41. The summed E-state index contributed by atoms with van der Waals surface area (Å²) in [6, 6.07) is 4.55. The minimum atomic E-state index is -0.426. The minimum absolute atomic E-state index is 0.210. The Balaban J connectivity index is 1.86. The maximum Gasteiger partial charge on any atom is 0.319 e. The average molecular weight is 294 g/mol. The van der Waals surface area contributed by atoms with Crippen molar-refractivity contribution >= 4 is 11.7 Å². The molecule has 0 radical (unpaired) electrons. The van der Waals surface area contributed by atoms with Crippen molar-refractivity contribution in [2.24, 2.45) is 0 Å². The van der Waals surface area contributed by atoms with Gasteiger partial charge in [-0.05, 0) is 38.7 Å². The van der Waals surface area contributed by atoms with Gasteiger partial charge in [0.25, 0.3) is 0 Å². The van der Waals surface area contributed by atoms with E-state index < -0.39 is 5.82 Å². The Kier molecular flexibility index (Phi) is 5.14. The predicted octanol–water partition coefficient (Wildman–Crippen LogP) is 1.50. The summed E-state index contributed by atoms with van der Waals surface area (Å²) in [6.45, 7) is 5.33. The van der Waals surface area contributed by atoms with Crippen LogP contribution in [0.15, 0.2) is 18.2 Å². The maximum absolute atomic E-state index is 13.6. The SMILES string of the molecule is Cc1ccc(F)c(NC(=O)NC[C@H]2CN(C)CCN2C)c1. The van der Waals surface area contributed by atoms with Gasteiger partial charge in [-0.3, -0.25) is 4.90 Å². The van der Waals surface area contributed by atoms with Crippen molar-refractivity contribution in [3.05, 3.63) is 29.6 Å². The maximum atomic E-state index is 13.6. The van der Waals surface area contributed by atoms with Gasteiger partial charge in [0.2, 0.25) is 0 Å². The number of likely N-dealkylation sites (N-methyl/N-ethyl adjacent to an activating group) is 2. The van der Waals surface area contributed by atoms with E-state index >= 15 is 0 Å². The van der Waals surface area contributed by atoms with Crippen molar-refractivity contribution in [2.75, 3.05) is 45.6 Å². The second-order valence-corrected chi connectivity index (χ2v) is 5.72. The van der Waals surface area contributed by atoms with Gasteiger partial charge in [0.1, 0.15) is 5.82 Å². The van der Waals surface area contributed by atoms with Crippen LogP contribution in [-0.2, 0) is 0 Å². The lowest BCUT2D eigenvalue weighted by atomic mass is 10.2. The topological polar surface area (TPSA) is 47.6 Å². The van der Waals surface area contributed by atoms with Gasteiger partial charge in [-0.2, -0.15) is 0 Å². The number of aryl methyl sites for hydroxylation is 1. The molecule has 0 saturated carbocycles. The van der Waals surface area contributed by atoms with Crippen LogP contribution in [0.5, 0.6) is 0 Å². The standard InChI is InChI=1S/C15H23FN4O/c1-11-4-5-13(16)14(8-11)18-15(21)17-9-12-10-19(2)6-7-20(12)3/h4-5,8,12H,6-7,9-10H2,1-3H3,(H2,17,18,21)/t12-/m0/s1. The highest BCUT2D eigenvalue weighted by Gasteiger charge is 2.22. The fraction of sp³-hybridized carbons (Fsp3) is 0.533. The molecule has 1 aromatic rings. The fourth-order valence-electron chi connectivity index (χ4n) is 2.43. The molecule has 1 fully saturated rings. The number of amides is 2. The number of hydrogen-bond acceptors (Lipinski definition) is 3. The second kappa shape index (κ2) is 6.87. The van der Waals surface area contributed by atoms with E-state index in [0.29, 0.717) is 6.54 Å². The van der Waals surface area contributed by atoms with Gasteiger partial charge in [0.15, 0.2) is 0 Å². The summed E-state index contributed by atoms with van der Waals surface area (Å²) in [4.78, 5) is 16.4. The van der Waals surface area contributed by atoms with Crippen LogP contribution in [0.4, 0.5) is 14.9 Å². The van der Waals surface area contributed by atoms with E-state index in [4.69, 9.17) is 0 Å². The molecule has 0 spiro atoms. The van der Waals surface area contributed by atoms with Crippen LogP contribution in [-0.4, -0.2) is 62.1 Å². The second-order valence-electron chi connectivity index (χ2n) is 5.72. The molecule has 2 rings (SSSR count). The highest BCUT2D eigenvalue weighted by molar-refractivity contribution is 5.89. The molecule has 21 heavy (non-hydrogen) atoms. The summed E-state index contributed by atoms with van der Waals surface area (Å²) in [5, 5.41) is 5.37. The third-order valence-corrected chi connectivity index (χ3v) is 3.85. The van der Waals surface area contributed by atoms with Gasteiger partial charge in [-0.15, -0.1) is 0 Å². The van der Waals surface area contributed by atoms with E-state index in [-0.39, 0.29) is 17.8 Å². The molecular formula is C15H23FN4O. The van der Waals surface area contributed by atoms with E-state index in [9.17, 15) is 9.18 Å². The number of nitrogens with zero attached hydrogens (tertiary/aromatic N) is 2. The molecule has 0 bridgehead atoms. The van der Waals surface area contributed by atoms with Crippen molar-refractivity contribution in [2.45, 2.75) is 13.0 Å². The summed E-state index contributed by atoms with van der Waals surface area (Å²) >= 11 is 0. The van der Waals surface area contributed by atoms with Crippen LogP contribution in [0.2, 0.25) is 0 Å². The quantitative estimate of drug-likeness (QED) is 0.888. The molecule has 1 aromatic carbocycles.